The van der Waals surface area contributed by atoms with Gasteiger partial charge in [-0.25, -0.2) is 0 Å². The van der Waals surface area contributed by atoms with Gasteiger partial charge in [0.1, 0.15) is 0 Å². The molecule has 0 aliphatic carbocycles. The molecular formula is C14H15NOS. The molecule has 2 heterocycles. The lowest BCUT2D eigenvalue weighted by Crippen LogP contribution is -1.84. The molecule has 1 N–H and O–H groups in total. The number of pyridine rings is 1. The van der Waals surface area contributed by atoms with Crippen LogP contribution in [-0.2, 0) is 6.42 Å². The number of rotatable bonds is 4. The van der Waals surface area contributed by atoms with Gasteiger partial charge < -0.3 is 5.11 Å². The summed E-state index contributed by atoms with van der Waals surface area (Å²) >= 11 is 1.76. The Balaban J connectivity index is 2.09. The van der Waals surface area contributed by atoms with E-state index in [-0.39, 0.29) is 6.61 Å². The largest absolute Gasteiger partial charge is 0.392 e. The van der Waals surface area contributed by atoms with Crippen molar-refractivity contribution in [3.8, 4) is 0 Å². The fourth-order valence-corrected chi connectivity index (χ4v) is 2.63. The minimum absolute atomic E-state index is 0.121. The highest BCUT2D eigenvalue weighted by Gasteiger charge is 2.00. The van der Waals surface area contributed by atoms with Gasteiger partial charge in [0, 0.05) is 28.6 Å². The number of thiophene rings is 1. The number of hydrogen-bond acceptors (Lipinski definition) is 3. The maximum absolute atomic E-state index is 8.97. The second-order valence-electron chi connectivity index (χ2n) is 3.99. The summed E-state index contributed by atoms with van der Waals surface area (Å²) in [5.41, 5.74) is 2.21. The van der Waals surface area contributed by atoms with Crippen LogP contribution in [0, 0.1) is 0 Å². The molecule has 0 atom stereocenters. The Morgan fingerprint density at radius 2 is 2.29 bits per heavy atom. The van der Waals surface area contributed by atoms with E-state index in [1.54, 1.807) is 17.5 Å². The van der Waals surface area contributed by atoms with E-state index in [0.717, 1.165) is 12.0 Å². The summed E-state index contributed by atoms with van der Waals surface area (Å²) in [5.74, 6) is 0. The molecule has 2 aromatic rings. The molecule has 88 valence electrons. The standard InChI is InChI=1S/C14H15NOS/c1-11(10-16)7-13-4-5-14(17-13)8-12-3-2-6-15-9-12/h2-7,9,16H,8,10H2,1H3. The van der Waals surface area contributed by atoms with Crippen molar-refractivity contribution >= 4 is 17.4 Å². The van der Waals surface area contributed by atoms with E-state index >= 15 is 0 Å². The van der Waals surface area contributed by atoms with Gasteiger partial charge in [0.05, 0.1) is 6.61 Å². The Morgan fingerprint density at radius 3 is 3.00 bits per heavy atom. The molecule has 0 aliphatic rings. The van der Waals surface area contributed by atoms with E-state index in [1.165, 1.54) is 15.3 Å². The van der Waals surface area contributed by atoms with E-state index in [0.29, 0.717) is 0 Å². The van der Waals surface area contributed by atoms with E-state index in [9.17, 15) is 0 Å². The van der Waals surface area contributed by atoms with Crippen LogP contribution < -0.4 is 0 Å². The van der Waals surface area contributed by atoms with Gasteiger partial charge in [-0.2, -0.15) is 0 Å². The molecule has 0 spiro atoms. The van der Waals surface area contributed by atoms with Crippen molar-refractivity contribution in [1.29, 1.82) is 0 Å². The van der Waals surface area contributed by atoms with Crippen LogP contribution in [0.25, 0.3) is 6.08 Å². The molecule has 2 aromatic heterocycles. The van der Waals surface area contributed by atoms with Gasteiger partial charge in [-0.1, -0.05) is 6.07 Å². The Hall–Kier alpha value is -1.45. The highest BCUT2D eigenvalue weighted by molar-refractivity contribution is 7.12. The summed E-state index contributed by atoms with van der Waals surface area (Å²) in [5, 5.41) is 8.97. The first-order valence-corrected chi connectivity index (χ1v) is 6.35. The van der Waals surface area contributed by atoms with Gasteiger partial charge in [-0.15, -0.1) is 11.3 Å². The summed E-state index contributed by atoms with van der Waals surface area (Å²) in [4.78, 5) is 6.61. The zero-order valence-electron chi connectivity index (χ0n) is 9.76. The lowest BCUT2D eigenvalue weighted by Gasteiger charge is -1.96. The van der Waals surface area contributed by atoms with Crippen LogP contribution in [0.4, 0.5) is 0 Å². The van der Waals surface area contributed by atoms with Crippen molar-refractivity contribution in [2.24, 2.45) is 0 Å². The third-order valence-electron chi connectivity index (χ3n) is 2.42. The molecule has 0 amide bonds. The minimum atomic E-state index is 0.121. The number of hydrogen-bond donors (Lipinski definition) is 1. The molecule has 2 nitrogen and oxygen atoms in total. The second kappa shape index (κ2) is 5.75. The SMILES string of the molecule is CC(=Cc1ccc(Cc2cccnc2)s1)CO. The van der Waals surface area contributed by atoms with E-state index in [4.69, 9.17) is 5.11 Å². The monoisotopic (exact) mass is 245 g/mol. The third-order valence-corrected chi connectivity index (χ3v) is 3.45. The molecule has 0 saturated heterocycles. The van der Waals surface area contributed by atoms with Gasteiger partial charge in [0.15, 0.2) is 0 Å². The van der Waals surface area contributed by atoms with Gasteiger partial charge in [-0.05, 0) is 42.3 Å². The van der Waals surface area contributed by atoms with Crippen molar-refractivity contribution in [3.05, 3.63) is 57.6 Å². The first kappa shape index (κ1) is 12.0. The lowest BCUT2D eigenvalue weighted by molar-refractivity contribution is 0.332. The zero-order chi connectivity index (χ0) is 12.1. The summed E-state index contributed by atoms with van der Waals surface area (Å²) in [6.45, 7) is 2.05. The van der Waals surface area contributed by atoms with Crippen molar-refractivity contribution in [1.82, 2.24) is 4.98 Å². The first-order valence-electron chi connectivity index (χ1n) is 5.53. The fraction of sp³-hybridized carbons (Fsp3) is 0.214. The number of aromatic nitrogens is 1. The molecule has 0 radical (unpaired) electrons. The predicted molar refractivity (Wildman–Crippen MR) is 72.1 cm³/mol. The minimum Gasteiger partial charge on any atom is -0.392 e. The Morgan fingerprint density at radius 1 is 1.41 bits per heavy atom. The number of aliphatic hydroxyl groups excluding tert-OH is 1. The number of nitrogens with zero attached hydrogens (tertiary/aromatic N) is 1. The molecule has 0 aliphatic heterocycles. The van der Waals surface area contributed by atoms with Gasteiger partial charge in [0.25, 0.3) is 0 Å². The van der Waals surface area contributed by atoms with Crippen LogP contribution in [0.2, 0.25) is 0 Å². The van der Waals surface area contributed by atoms with E-state index in [2.05, 4.69) is 23.2 Å². The van der Waals surface area contributed by atoms with E-state index in [1.807, 2.05) is 25.3 Å². The van der Waals surface area contributed by atoms with E-state index < -0.39 is 0 Å². The van der Waals surface area contributed by atoms with Crippen molar-refractivity contribution in [2.75, 3.05) is 6.61 Å². The van der Waals surface area contributed by atoms with Crippen LogP contribution in [0.1, 0.15) is 22.2 Å². The highest BCUT2D eigenvalue weighted by atomic mass is 32.1. The molecular weight excluding hydrogens is 230 g/mol. The topological polar surface area (TPSA) is 33.1 Å². The first-order chi connectivity index (χ1) is 8.28. The van der Waals surface area contributed by atoms with Crippen molar-refractivity contribution < 1.29 is 5.11 Å². The van der Waals surface area contributed by atoms with Gasteiger partial charge in [0.2, 0.25) is 0 Å². The Bertz CT molecular complexity index is 502. The average Bonchev–Trinajstić information content (AvgIpc) is 2.77. The predicted octanol–water partition coefficient (Wildman–Crippen LogP) is 3.13. The maximum atomic E-state index is 8.97. The fourth-order valence-electron chi connectivity index (χ4n) is 1.56. The number of aliphatic hydroxyl groups is 1. The smallest absolute Gasteiger partial charge is 0.0642 e. The maximum Gasteiger partial charge on any atom is 0.0642 e. The van der Waals surface area contributed by atoms with Gasteiger partial charge >= 0.3 is 0 Å². The van der Waals surface area contributed by atoms with Crippen molar-refractivity contribution in [2.45, 2.75) is 13.3 Å². The Kier molecular flexibility index (Phi) is 4.07. The molecule has 0 aromatic carbocycles. The molecule has 0 bridgehead atoms. The van der Waals surface area contributed by atoms with Gasteiger partial charge in [-0.3, -0.25) is 4.98 Å². The quantitative estimate of drug-likeness (QED) is 0.897. The third kappa shape index (κ3) is 3.51. The van der Waals surface area contributed by atoms with Crippen LogP contribution in [0.3, 0.4) is 0 Å². The molecule has 2 rings (SSSR count). The normalized spacial score (nSPS) is 11.8. The Labute approximate surface area is 105 Å². The molecule has 0 saturated carbocycles. The highest BCUT2D eigenvalue weighted by Crippen LogP contribution is 2.21. The zero-order valence-corrected chi connectivity index (χ0v) is 10.6. The summed E-state index contributed by atoms with van der Waals surface area (Å²) in [7, 11) is 0. The van der Waals surface area contributed by atoms with Crippen molar-refractivity contribution in [3.63, 3.8) is 0 Å². The summed E-state index contributed by atoms with van der Waals surface area (Å²) in [6.07, 6.45) is 6.63. The van der Waals surface area contributed by atoms with Crippen LogP contribution >= 0.6 is 11.3 Å². The molecule has 3 heteroatoms. The molecule has 0 unspecified atom stereocenters. The lowest BCUT2D eigenvalue weighted by atomic mass is 10.2. The van der Waals surface area contributed by atoms with Crippen LogP contribution in [0.15, 0.2) is 42.2 Å². The summed E-state index contributed by atoms with van der Waals surface area (Å²) < 4.78 is 0. The second-order valence-corrected chi connectivity index (χ2v) is 5.19. The molecule has 17 heavy (non-hydrogen) atoms. The summed E-state index contributed by atoms with van der Waals surface area (Å²) in [6, 6.07) is 8.27. The average molecular weight is 245 g/mol. The van der Waals surface area contributed by atoms with Crippen LogP contribution in [-0.4, -0.2) is 16.7 Å². The van der Waals surface area contributed by atoms with Crippen LogP contribution in [0.5, 0.6) is 0 Å². The molecule has 0 fully saturated rings.